The molecule has 0 radical (unpaired) electrons. The Balaban J connectivity index is 2.49. The maximum absolute atomic E-state index is 4.39. The second-order valence-corrected chi connectivity index (χ2v) is 5.75. The summed E-state index contributed by atoms with van der Waals surface area (Å²) < 4.78 is 2.03. The van der Waals surface area contributed by atoms with Crippen molar-refractivity contribution in [3.05, 3.63) is 12.2 Å². The zero-order valence-electron chi connectivity index (χ0n) is 12.5. The molecule has 0 fully saturated rings. The van der Waals surface area contributed by atoms with Gasteiger partial charge in [-0.1, -0.05) is 27.2 Å². The second-order valence-electron chi connectivity index (χ2n) is 5.75. The van der Waals surface area contributed by atoms with E-state index in [2.05, 4.69) is 50.0 Å². The van der Waals surface area contributed by atoms with Gasteiger partial charge in [-0.3, -0.25) is 0 Å². The highest BCUT2D eigenvalue weighted by Gasteiger charge is 2.13. The van der Waals surface area contributed by atoms with Crippen LogP contribution in [0.4, 0.5) is 0 Å². The lowest BCUT2D eigenvalue weighted by molar-refractivity contribution is 0.411. The fourth-order valence-electron chi connectivity index (χ4n) is 2.05. The van der Waals surface area contributed by atoms with Gasteiger partial charge in [-0.25, -0.2) is 9.67 Å². The maximum atomic E-state index is 4.39. The van der Waals surface area contributed by atoms with Gasteiger partial charge in [0.25, 0.3) is 0 Å². The molecule has 1 N–H and O–H groups in total. The van der Waals surface area contributed by atoms with Crippen LogP contribution in [0.15, 0.2) is 6.33 Å². The van der Waals surface area contributed by atoms with Crippen LogP contribution in [0.3, 0.4) is 0 Å². The molecule has 4 nitrogen and oxygen atoms in total. The molecular formula is C14H28N4. The molecule has 4 heteroatoms. The summed E-state index contributed by atoms with van der Waals surface area (Å²) in [5, 5.41) is 7.84. The van der Waals surface area contributed by atoms with Crippen LogP contribution >= 0.6 is 0 Å². The average molecular weight is 252 g/mol. The fraction of sp³-hybridized carbons (Fsp3) is 0.857. The van der Waals surface area contributed by atoms with Crippen LogP contribution in [0.1, 0.15) is 52.9 Å². The van der Waals surface area contributed by atoms with Crippen LogP contribution in [0.25, 0.3) is 0 Å². The molecule has 1 heterocycles. The Morgan fingerprint density at radius 1 is 1.22 bits per heavy atom. The molecule has 0 aromatic carbocycles. The Kier molecular flexibility index (Phi) is 6.33. The van der Waals surface area contributed by atoms with Gasteiger partial charge in [0.1, 0.15) is 12.2 Å². The first kappa shape index (κ1) is 15.2. The molecule has 1 unspecified atom stereocenters. The van der Waals surface area contributed by atoms with Gasteiger partial charge in [-0.05, 0) is 38.8 Å². The lowest BCUT2D eigenvalue weighted by atomic mass is 10.0. The van der Waals surface area contributed by atoms with Gasteiger partial charge in [0.15, 0.2) is 0 Å². The number of hydrogen-bond donors (Lipinski definition) is 1. The molecule has 0 aliphatic heterocycles. The van der Waals surface area contributed by atoms with Crippen LogP contribution in [-0.2, 0) is 6.42 Å². The third-order valence-corrected chi connectivity index (χ3v) is 3.17. The summed E-state index contributed by atoms with van der Waals surface area (Å²) in [6.07, 6.45) is 3.86. The van der Waals surface area contributed by atoms with E-state index < -0.39 is 0 Å². The molecule has 1 rings (SSSR count). The molecule has 0 amide bonds. The standard InChI is InChI=1S/C14H28N4/c1-6-13(9-15-8-11(2)3)7-14-16-10-17-18(14)12(4)5/h10-13,15H,6-9H2,1-5H3. The van der Waals surface area contributed by atoms with Gasteiger partial charge < -0.3 is 5.32 Å². The number of nitrogens with zero attached hydrogens (tertiary/aromatic N) is 3. The van der Waals surface area contributed by atoms with E-state index in [9.17, 15) is 0 Å². The molecule has 0 spiro atoms. The monoisotopic (exact) mass is 252 g/mol. The lowest BCUT2D eigenvalue weighted by Gasteiger charge is -2.17. The molecule has 0 saturated heterocycles. The minimum Gasteiger partial charge on any atom is -0.316 e. The minimum absolute atomic E-state index is 0.392. The van der Waals surface area contributed by atoms with Crippen LogP contribution in [-0.4, -0.2) is 27.9 Å². The topological polar surface area (TPSA) is 42.7 Å². The van der Waals surface area contributed by atoms with Gasteiger partial charge in [-0.2, -0.15) is 5.10 Å². The largest absolute Gasteiger partial charge is 0.316 e. The van der Waals surface area contributed by atoms with Gasteiger partial charge in [0.05, 0.1) is 0 Å². The van der Waals surface area contributed by atoms with Crippen LogP contribution in [0.2, 0.25) is 0 Å². The van der Waals surface area contributed by atoms with E-state index in [1.807, 2.05) is 4.68 Å². The molecule has 0 saturated carbocycles. The van der Waals surface area contributed by atoms with Gasteiger partial charge in [-0.15, -0.1) is 0 Å². The van der Waals surface area contributed by atoms with Crippen molar-refractivity contribution < 1.29 is 0 Å². The predicted molar refractivity (Wildman–Crippen MR) is 75.6 cm³/mol. The number of rotatable bonds is 8. The molecule has 0 bridgehead atoms. The molecule has 1 aromatic rings. The van der Waals surface area contributed by atoms with Crippen molar-refractivity contribution in [3.8, 4) is 0 Å². The van der Waals surface area contributed by atoms with E-state index in [0.29, 0.717) is 17.9 Å². The van der Waals surface area contributed by atoms with E-state index in [0.717, 1.165) is 25.3 Å². The Labute approximate surface area is 111 Å². The van der Waals surface area contributed by atoms with Crippen LogP contribution in [0.5, 0.6) is 0 Å². The van der Waals surface area contributed by atoms with E-state index >= 15 is 0 Å². The highest BCUT2D eigenvalue weighted by molar-refractivity contribution is 4.89. The third kappa shape index (κ3) is 4.77. The fourth-order valence-corrected chi connectivity index (χ4v) is 2.05. The smallest absolute Gasteiger partial charge is 0.138 e. The van der Waals surface area contributed by atoms with Gasteiger partial charge >= 0.3 is 0 Å². The van der Waals surface area contributed by atoms with Crippen molar-refractivity contribution in [3.63, 3.8) is 0 Å². The van der Waals surface area contributed by atoms with Gasteiger partial charge in [0, 0.05) is 12.5 Å². The van der Waals surface area contributed by atoms with E-state index in [4.69, 9.17) is 0 Å². The first-order valence-corrected chi connectivity index (χ1v) is 7.13. The second kappa shape index (κ2) is 7.52. The zero-order chi connectivity index (χ0) is 13.5. The SMILES string of the molecule is CCC(CNCC(C)C)Cc1ncnn1C(C)C. The number of hydrogen-bond acceptors (Lipinski definition) is 3. The summed E-state index contributed by atoms with van der Waals surface area (Å²) in [4.78, 5) is 4.39. The van der Waals surface area contributed by atoms with Crippen molar-refractivity contribution in [2.75, 3.05) is 13.1 Å². The Morgan fingerprint density at radius 2 is 1.94 bits per heavy atom. The molecule has 0 aliphatic carbocycles. The summed E-state index contributed by atoms with van der Waals surface area (Å²) in [6.45, 7) is 13.2. The normalized spacial score (nSPS) is 13.5. The number of aromatic nitrogens is 3. The molecule has 0 aliphatic rings. The Bertz CT molecular complexity index is 330. The maximum Gasteiger partial charge on any atom is 0.138 e. The number of nitrogens with one attached hydrogen (secondary N) is 1. The summed E-state index contributed by atoms with van der Waals surface area (Å²) in [6, 6.07) is 0.392. The highest BCUT2D eigenvalue weighted by Crippen LogP contribution is 2.12. The zero-order valence-corrected chi connectivity index (χ0v) is 12.5. The van der Waals surface area contributed by atoms with Crippen LogP contribution < -0.4 is 5.32 Å². The average Bonchev–Trinajstić information content (AvgIpc) is 2.75. The molecular weight excluding hydrogens is 224 g/mol. The summed E-state index contributed by atoms with van der Waals surface area (Å²) in [7, 11) is 0. The first-order chi connectivity index (χ1) is 8.54. The van der Waals surface area contributed by atoms with Crippen molar-refractivity contribution in [1.82, 2.24) is 20.1 Å². The van der Waals surface area contributed by atoms with Crippen LogP contribution in [0, 0.1) is 11.8 Å². The van der Waals surface area contributed by atoms with Gasteiger partial charge in [0.2, 0.25) is 0 Å². The molecule has 18 heavy (non-hydrogen) atoms. The Morgan fingerprint density at radius 3 is 2.50 bits per heavy atom. The third-order valence-electron chi connectivity index (χ3n) is 3.17. The highest BCUT2D eigenvalue weighted by atomic mass is 15.3. The molecule has 1 atom stereocenters. The lowest BCUT2D eigenvalue weighted by Crippen LogP contribution is -2.28. The predicted octanol–water partition coefficient (Wildman–Crippen LogP) is 2.67. The quantitative estimate of drug-likeness (QED) is 0.773. The molecule has 1 aromatic heterocycles. The van der Waals surface area contributed by atoms with Crippen molar-refractivity contribution in [1.29, 1.82) is 0 Å². The van der Waals surface area contributed by atoms with Crippen molar-refractivity contribution in [2.24, 2.45) is 11.8 Å². The van der Waals surface area contributed by atoms with E-state index in [-0.39, 0.29) is 0 Å². The van der Waals surface area contributed by atoms with Crippen molar-refractivity contribution >= 4 is 0 Å². The summed E-state index contributed by atoms with van der Waals surface area (Å²) >= 11 is 0. The molecule has 104 valence electrons. The summed E-state index contributed by atoms with van der Waals surface area (Å²) in [5.41, 5.74) is 0. The minimum atomic E-state index is 0.392. The van der Waals surface area contributed by atoms with Crippen molar-refractivity contribution in [2.45, 2.75) is 53.5 Å². The van der Waals surface area contributed by atoms with E-state index in [1.54, 1.807) is 6.33 Å². The summed E-state index contributed by atoms with van der Waals surface area (Å²) in [5.74, 6) is 2.47. The first-order valence-electron chi connectivity index (χ1n) is 7.13. The Hall–Kier alpha value is -0.900. The van der Waals surface area contributed by atoms with E-state index in [1.165, 1.54) is 6.42 Å².